The van der Waals surface area contributed by atoms with Crippen LogP contribution >= 0.6 is 11.6 Å². The summed E-state index contributed by atoms with van der Waals surface area (Å²) in [5.41, 5.74) is 9.02. The van der Waals surface area contributed by atoms with E-state index in [4.69, 9.17) is 22.1 Å². The fourth-order valence-electron chi connectivity index (χ4n) is 2.43. The normalized spacial score (nSPS) is 17.7. The van der Waals surface area contributed by atoms with Gasteiger partial charge in [-0.25, -0.2) is 0 Å². The van der Waals surface area contributed by atoms with Gasteiger partial charge in [0.25, 0.3) is 0 Å². The zero-order chi connectivity index (χ0) is 16.4. The van der Waals surface area contributed by atoms with E-state index in [0.717, 1.165) is 22.5 Å². The molecule has 0 fully saturated rings. The first-order chi connectivity index (χ1) is 11.0. The van der Waals surface area contributed by atoms with E-state index in [1.54, 1.807) is 18.3 Å². The van der Waals surface area contributed by atoms with Crippen molar-refractivity contribution in [3.63, 3.8) is 0 Å². The molecular formula is C17H18ClN3O2. The molecule has 2 heterocycles. The third kappa shape index (κ3) is 3.47. The second-order valence-corrected chi connectivity index (χ2v) is 5.87. The van der Waals surface area contributed by atoms with Crippen LogP contribution in [0.5, 0.6) is 5.75 Å². The number of rotatable bonds is 4. The van der Waals surface area contributed by atoms with Gasteiger partial charge in [0, 0.05) is 24.0 Å². The summed E-state index contributed by atoms with van der Waals surface area (Å²) in [5, 5.41) is 13.6. The number of benzene rings is 1. The first-order valence-corrected chi connectivity index (χ1v) is 7.70. The molecule has 5 nitrogen and oxygen atoms in total. The highest BCUT2D eigenvalue weighted by atomic mass is 35.5. The molecule has 1 aromatic heterocycles. The first-order valence-electron chi connectivity index (χ1n) is 7.32. The van der Waals surface area contributed by atoms with E-state index in [0.29, 0.717) is 17.4 Å². The van der Waals surface area contributed by atoms with Gasteiger partial charge in [-0.05, 0) is 42.3 Å². The smallest absolute Gasteiger partial charge is 0.148 e. The maximum atomic E-state index is 10.1. The van der Waals surface area contributed by atoms with Crippen LogP contribution in [0, 0.1) is 0 Å². The molecule has 4 N–H and O–H groups in total. The van der Waals surface area contributed by atoms with Crippen molar-refractivity contribution in [3.8, 4) is 5.75 Å². The van der Waals surface area contributed by atoms with Crippen LogP contribution in [0.25, 0.3) is 6.08 Å². The fraction of sp³-hybridized carbons (Fsp3) is 0.235. The summed E-state index contributed by atoms with van der Waals surface area (Å²) in [6.45, 7) is 2.15. The molecule has 2 atom stereocenters. The second kappa shape index (κ2) is 6.58. The summed E-state index contributed by atoms with van der Waals surface area (Å²) in [4.78, 5) is 4.21. The van der Waals surface area contributed by atoms with Crippen LogP contribution < -0.4 is 15.8 Å². The SMILES string of the molecule is CC(N)C1=Cc2cc(Cl)c(OCc3ccccn3)cc2NC1O. The number of aromatic nitrogens is 1. The van der Waals surface area contributed by atoms with Crippen LogP contribution in [0.15, 0.2) is 42.1 Å². The number of nitrogens with one attached hydrogen (secondary N) is 1. The third-order valence-corrected chi connectivity index (χ3v) is 3.96. The van der Waals surface area contributed by atoms with E-state index < -0.39 is 6.23 Å². The summed E-state index contributed by atoms with van der Waals surface area (Å²) < 4.78 is 5.74. The van der Waals surface area contributed by atoms with Crippen molar-refractivity contribution in [2.45, 2.75) is 25.8 Å². The van der Waals surface area contributed by atoms with E-state index in [1.165, 1.54) is 0 Å². The highest BCUT2D eigenvalue weighted by Gasteiger charge is 2.22. The van der Waals surface area contributed by atoms with Crippen molar-refractivity contribution in [1.82, 2.24) is 4.98 Å². The van der Waals surface area contributed by atoms with Crippen LogP contribution in [-0.2, 0) is 6.61 Å². The summed E-state index contributed by atoms with van der Waals surface area (Å²) >= 11 is 6.29. The molecule has 120 valence electrons. The molecule has 6 heteroatoms. The Hall–Kier alpha value is -2.08. The Labute approximate surface area is 139 Å². The number of halogens is 1. The molecule has 1 aliphatic heterocycles. The average Bonchev–Trinajstić information content (AvgIpc) is 2.53. The molecule has 2 aromatic rings. The van der Waals surface area contributed by atoms with Crippen LogP contribution in [0.2, 0.25) is 5.02 Å². The van der Waals surface area contributed by atoms with Crippen molar-refractivity contribution >= 4 is 23.4 Å². The molecule has 0 saturated heterocycles. The number of anilines is 1. The lowest BCUT2D eigenvalue weighted by molar-refractivity contribution is 0.233. The van der Waals surface area contributed by atoms with E-state index in [1.807, 2.05) is 31.2 Å². The summed E-state index contributed by atoms with van der Waals surface area (Å²) in [5.74, 6) is 0.536. The van der Waals surface area contributed by atoms with E-state index >= 15 is 0 Å². The van der Waals surface area contributed by atoms with Crippen LogP contribution in [0.3, 0.4) is 0 Å². The van der Waals surface area contributed by atoms with Crippen molar-refractivity contribution < 1.29 is 9.84 Å². The van der Waals surface area contributed by atoms with Gasteiger partial charge in [0.1, 0.15) is 18.6 Å². The minimum atomic E-state index is -0.813. The van der Waals surface area contributed by atoms with E-state index in [-0.39, 0.29) is 6.04 Å². The highest BCUT2D eigenvalue weighted by Crippen LogP contribution is 2.36. The van der Waals surface area contributed by atoms with Crippen molar-refractivity contribution in [1.29, 1.82) is 0 Å². The fourth-order valence-corrected chi connectivity index (χ4v) is 2.66. The zero-order valence-corrected chi connectivity index (χ0v) is 13.4. The minimum Gasteiger partial charge on any atom is -0.486 e. The summed E-state index contributed by atoms with van der Waals surface area (Å²) in [6, 6.07) is 8.96. The number of hydrogen-bond acceptors (Lipinski definition) is 5. The lowest BCUT2D eigenvalue weighted by atomic mass is 9.98. The lowest BCUT2D eigenvalue weighted by Crippen LogP contribution is -2.34. The Kier molecular flexibility index (Phi) is 4.52. The largest absolute Gasteiger partial charge is 0.486 e. The standard InChI is InChI=1S/C17H18ClN3O2/c1-10(19)13-6-11-7-14(18)16(8-15(11)21-17(13)22)23-9-12-4-2-3-5-20-12/h2-8,10,17,21-22H,9,19H2,1H3. The van der Waals surface area contributed by atoms with E-state index in [9.17, 15) is 5.11 Å². The van der Waals surface area contributed by atoms with Crippen molar-refractivity contribution in [2.24, 2.45) is 5.73 Å². The van der Waals surface area contributed by atoms with Gasteiger partial charge in [-0.3, -0.25) is 4.98 Å². The molecule has 0 aliphatic carbocycles. The second-order valence-electron chi connectivity index (χ2n) is 5.46. The summed E-state index contributed by atoms with van der Waals surface area (Å²) in [6.07, 6.45) is 2.76. The maximum Gasteiger partial charge on any atom is 0.148 e. The molecular weight excluding hydrogens is 314 g/mol. The van der Waals surface area contributed by atoms with Gasteiger partial charge in [-0.1, -0.05) is 17.7 Å². The van der Waals surface area contributed by atoms with Gasteiger partial charge >= 0.3 is 0 Å². The molecule has 1 aliphatic rings. The molecule has 3 rings (SSSR count). The number of hydrogen-bond donors (Lipinski definition) is 3. The number of aliphatic hydroxyl groups is 1. The highest BCUT2D eigenvalue weighted by molar-refractivity contribution is 6.32. The van der Waals surface area contributed by atoms with Gasteiger partial charge in [0.2, 0.25) is 0 Å². The monoisotopic (exact) mass is 331 g/mol. The van der Waals surface area contributed by atoms with Gasteiger partial charge in [-0.15, -0.1) is 0 Å². The molecule has 0 bridgehead atoms. The number of pyridine rings is 1. The Bertz CT molecular complexity index is 732. The Balaban J connectivity index is 1.84. The Morgan fingerprint density at radius 1 is 1.43 bits per heavy atom. The van der Waals surface area contributed by atoms with E-state index in [2.05, 4.69) is 10.3 Å². The lowest BCUT2D eigenvalue weighted by Gasteiger charge is -2.27. The minimum absolute atomic E-state index is 0.246. The summed E-state index contributed by atoms with van der Waals surface area (Å²) in [7, 11) is 0. The first kappa shape index (κ1) is 15.8. The van der Waals surface area contributed by atoms with Crippen LogP contribution in [0.4, 0.5) is 5.69 Å². The quantitative estimate of drug-likeness (QED) is 0.802. The average molecular weight is 332 g/mol. The topological polar surface area (TPSA) is 80.4 Å². The van der Waals surface area contributed by atoms with Crippen LogP contribution in [0.1, 0.15) is 18.2 Å². The maximum absolute atomic E-state index is 10.1. The predicted molar refractivity (Wildman–Crippen MR) is 91.3 cm³/mol. The Morgan fingerprint density at radius 3 is 2.96 bits per heavy atom. The molecule has 0 saturated carbocycles. The number of nitrogens with zero attached hydrogens (tertiary/aromatic N) is 1. The molecule has 23 heavy (non-hydrogen) atoms. The predicted octanol–water partition coefficient (Wildman–Crippen LogP) is 2.79. The van der Waals surface area contributed by atoms with Crippen LogP contribution in [-0.4, -0.2) is 22.4 Å². The number of ether oxygens (including phenoxy) is 1. The number of fused-ring (bicyclic) bond motifs is 1. The molecule has 1 aromatic carbocycles. The third-order valence-electron chi connectivity index (χ3n) is 3.66. The molecule has 0 radical (unpaired) electrons. The molecule has 2 unspecified atom stereocenters. The molecule has 0 amide bonds. The zero-order valence-electron chi connectivity index (χ0n) is 12.7. The number of nitrogens with two attached hydrogens (primary N) is 1. The number of aliphatic hydroxyl groups excluding tert-OH is 1. The van der Waals surface area contributed by atoms with Crippen molar-refractivity contribution in [3.05, 3.63) is 58.4 Å². The molecule has 0 spiro atoms. The van der Waals surface area contributed by atoms with Gasteiger partial charge in [-0.2, -0.15) is 0 Å². The van der Waals surface area contributed by atoms with Gasteiger partial charge in [0.05, 0.1) is 10.7 Å². The van der Waals surface area contributed by atoms with Crippen molar-refractivity contribution in [2.75, 3.05) is 5.32 Å². The van der Waals surface area contributed by atoms with Gasteiger partial charge < -0.3 is 20.9 Å². The van der Waals surface area contributed by atoms with Gasteiger partial charge in [0.15, 0.2) is 0 Å². The Morgan fingerprint density at radius 2 is 2.26 bits per heavy atom.